The highest BCUT2D eigenvalue weighted by Gasteiger charge is 2.14. The molecule has 5 nitrogen and oxygen atoms in total. The molecule has 17 heavy (non-hydrogen) atoms. The van der Waals surface area contributed by atoms with Crippen LogP contribution in [0.25, 0.3) is 0 Å². The second-order valence-electron chi connectivity index (χ2n) is 4.49. The Balaban J connectivity index is 3.81. The molecule has 0 heterocycles. The molecule has 2 amide bonds. The lowest BCUT2D eigenvalue weighted by molar-refractivity contribution is -0.141. The van der Waals surface area contributed by atoms with E-state index < -0.39 is 5.97 Å². The van der Waals surface area contributed by atoms with Gasteiger partial charge in [-0.05, 0) is 33.6 Å². The van der Waals surface area contributed by atoms with E-state index in [1.807, 2.05) is 20.8 Å². The van der Waals surface area contributed by atoms with Crippen LogP contribution in [0.4, 0.5) is 4.79 Å². The van der Waals surface area contributed by atoms with Crippen molar-refractivity contribution in [3.63, 3.8) is 0 Å². The molecule has 0 saturated carbocycles. The SMILES string of the molecule is CCN(C(=O)NCCCC(C)C(=O)O)C(C)C. The van der Waals surface area contributed by atoms with Crippen LogP contribution < -0.4 is 5.32 Å². The van der Waals surface area contributed by atoms with E-state index >= 15 is 0 Å². The highest BCUT2D eigenvalue weighted by atomic mass is 16.4. The van der Waals surface area contributed by atoms with E-state index in [9.17, 15) is 9.59 Å². The molecule has 0 radical (unpaired) electrons. The number of rotatable bonds is 7. The van der Waals surface area contributed by atoms with Gasteiger partial charge in [-0.25, -0.2) is 4.79 Å². The van der Waals surface area contributed by atoms with Crippen LogP contribution in [0, 0.1) is 5.92 Å². The molecule has 0 fully saturated rings. The Morgan fingerprint density at radius 2 is 1.88 bits per heavy atom. The summed E-state index contributed by atoms with van der Waals surface area (Å²) in [5.41, 5.74) is 0. The van der Waals surface area contributed by atoms with Gasteiger partial charge in [0, 0.05) is 19.1 Å². The maximum absolute atomic E-state index is 11.7. The third-order valence-electron chi connectivity index (χ3n) is 2.74. The molecule has 0 saturated heterocycles. The fourth-order valence-corrected chi connectivity index (χ4v) is 1.57. The fourth-order valence-electron chi connectivity index (χ4n) is 1.57. The summed E-state index contributed by atoms with van der Waals surface area (Å²) in [6.07, 6.45) is 1.28. The molecule has 1 atom stereocenters. The number of hydrogen-bond donors (Lipinski definition) is 2. The van der Waals surface area contributed by atoms with Crippen molar-refractivity contribution in [2.45, 2.75) is 46.6 Å². The predicted molar refractivity (Wildman–Crippen MR) is 66.9 cm³/mol. The lowest BCUT2D eigenvalue weighted by Crippen LogP contribution is -2.44. The van der Waals surface area contributed by atoms with Gasteiger partial charge in [0.25, 0.3) is 0 Å². The molecule has 0 aromatic carbocycles. The van der Waals surface area contributed by atoms with Gasteiger partial charge >= 0.3 is 12.0 Å². The van der Waals surface area contributed by atoms with Crippen molar-refractivity contribution in [1.82, 2.24) is 10.2 Å². The number of carbonyl (C=O) groups is 2. The smallest absolute Gasteiger partial charge is 0.317 e. The minimum Gasteiger partial charge on any atom is -0.481 e. The Morgan fingerprint density at radius 1 is 1.29 bits per heavy atom. The number of carbonyl (C=O) groups excluding carboxylic acids is 1. The zero-order chi connectivity index (χ0) is 13.4. The van der Waals surface area contributed by atoms with Crippen LogP contribution in [0.2, 0.25) is 0 Å². The van der Waals surface area contributed by atoms with Crippen molar-refractivity contribution in [1.29, 1.82) is 0 Å². The monoisotopic (exact) mass is 244 g/mol. The van der Waals surface area contributed by atoms with Crippen molar-refractivity contribution >= 4 is 12.0 Å². The first-order valence-corrected chi connectivity index (χ1v) is 6.17. The third-order valence-corrected chi connectivity index (χ3v) is 2.74. The van der Waals surface area contributed by atoms with Crippen molar-refractivity contribution in [3.8, 4) is 0 Å². The molecule has 0 aliphatic rings. The van der Waals surface area contributed by atoms with Crippen molar-refractivity contribution < 1.29 is 14.7 Å². The maximum Gasteiger partial charge on any atom is 0.317 e. The van der Waals surface area contributed by atoms with Crippen LogP contribution >= 0.6 is 0 Å². The summed E-state index contributed by atoms with van der Waals surface area (Å²) >= 11 is 0. The van der Waals surface area contributed by atoms with Crippen molar-refractivity contribution in [2.24, 2.45) is 5.92 Å². The van der Waals surface area contributed by atoms with Gasteiger partial charge in [0.1, 0.15) is 0 Å². The number of urea groups is 1. The largest absolute Gasteiger partial charge is 0.481 e. The zero-order valence-corrected chi connectivity index (χ0v) is 11.2. The first-order chi connectivity index (χ1) is 7.90. The molecule has 0 aliphatic heterocycles. The Bertz CT molecular complexity index is 254. The lowest BCUT2D eigenvalue weighted by Gasteiger charge is -2.25. The van der Waals surface area contributed by atoms with Gasteiger partial charge in [-0.1, -0.05) is 6.92 Å². The quantitative estimate of drug-likeness (QED) is 0.672. The molecule has 0 aliphatic carbocycles. The van der Waals surface area contributed by atoms with Gasteiger partial charge in [-0.3, -0.25) is 4.79 Å². The third kappa shape index (κ3) is 6.14. The van der Waals surface area contributed by atoms with E-state index in [1.54, 1.807) is 11.8 Å². The number of nitrogens with zero attached hydrogens (tertiary/aromatic N) is 1. The van der Waals surface area contributed by atoms with Crippen LogP contribution in [0.3, 0.4) is 0 Å². The molecule has 5 heteroatoms. The van der Waals surface area contributed by atoms with Gasteiger partial charge in [-0.15, -0.1) is 0 Å². The van der Waals surface area contributed by atoms with Gasteiger partial charge in [0.05, 0.1) is 5.92 Å². The summed E-state index contributed by atoms with van der Waals surface area (Å²) in [6, 6.07) is 0.100. The van der Waals surface area contributed by atoms with Crippen molar-refractivity contribution in [3.05, 3.63) is 0 Å². The number of nitrogens with one attached hydrogen (secondary N) is 1. The summed E-state index contributed by atoms with van der Waals surface area (Å²) in [5, 5.41) is 11.5. The molecule has 100 valence electrons. The average Bonchev–Trinajstić information content (AvgIpc) is 2.24. The van der Waals surface area contributed by atoms with Gasteiger partial charge in [-0.2, -0.15) is 0 Å². The lowest BCUT2D eigenvalue weighted by atomic mass is 10.1. The molecule has 1 unspecified atom stereocenters. The number of amides is 2. The van der Waals surface area contributed by atoms with E-state index in [0.717, 1.165) is 0 Å². The Kier molecular flexibility index (Phi) is 7.34. The van der Waals surface area contributed by atoms with E-state index in [4.69, 9.17) is 5.11 Å². The van der Waals surface area contributed by atoms with Crippen LogP contribution in [0.1, 0.15) is 40.5 Å². The van der Waals surface area contributed by atoms with E-state index in [1.165, 1.54) is 0 Å². The fraction of sp³-hybridized carbons (Fsp3) is 0.833. The molecule has 0 aromatic rings. The number of aliphatic carboxylic acids is 1. The molecular weight excluding hydrogens is 220 g/mol. The van der Waals surface area contributed by atoms with Crippen LogP contribution in [-0.4, -0.2) is 41.1 Å². The van der Waals surface area contributed by atoms with Gasteiger partial charge < -0.3 is 15.3 Å². The molecule has 0 bridgehead atoms. The Morgan fingerprint density at radius 3 is 2.29 bits per heavy atom. The minimum absolute atomic E-state index is 0.0783. The van der Waals surface area contributed by atoms with Gasteiger partial charge in [0.2, 0.25) is 0 Å². The van der Waals surface area contributed by atoms with Crippen LogP contribution in [0.5, 0.6) is 0 Å². The first-order valence-electron chi connectivity index (χ1n) is 6.17. The van der Waals surface area contributed by atoms with Crippen LogP contribution in [-0.2, 0) is 4.79 Å². The summed E-state index contributed by atoms with van der Waals surface area (Å²) in [5.74, 6) is -1.13. The highest BCUT2D eigenvalue weighted by Crippen LogP contribution is 2.04. The number of carboxylic acid groups (broad SMARTS) is 1. The van der Waals surface area contributed by atoms with E-state index in [2.05, 4.69) is 5.32 Å². The zero-order valence-electron chi connectivity index (χ0n) is 11.2. The summed E-state index contributed by atoms with van der Waals surface area (Å²) < 4.78 is 0. The Labute approximate surface area is 103 Å². The summed E-state index contributed by atoms with van der Waals surface area (Å²) in [4.78, 5) is 24.0. The van der Waals surface area contributed by atoms with Crippen molar-refractivity contribution in [2.75, 3.05) is 13.1 Å². The molecule has 0 rings (SSSR count). The topological polar surface area (TPSA) is 69.6 Å². The van der Waals surface area contributed by atoms with Crippen LogP contribution in [0.15, 0.2) is 0 Å². The first kappa shape index (κ1) is 15.7. The Hall–Kier alpha value is -1.26. The highest BCUT2D eigenvalue weighted by molar-refractivity contribution is 5.74. The maximum atomic E-state index is 11.7. The molecule has 0 aromatic heterocycles. The molecule has 0 spiro atoms. The standard InChI is InChI=1S/C12H24N2O3/c1-5-14(9(2)3)12(17)13-8-6-7-10(4)11(15)16/h9-10H,5-8H2,1-4H3,(H,13,17)(H,15,16). The van der Waals surface area contributed by atoms with Gasteiger partial charge in [0.15, 0.2) is 0 Å². The second-order valence-corrected chi connectivity index (χ2v) is 4.49. The normalized spacial score (nSPS) is 12.3. The number of carboxylic acids is 1. The predicted octanol–water partition coefficient (Wildman–Crippen LogP) is 1.93. The minimum atomic E-state index is -0.784. The molecular formula is C12H24N2O3. The summed E-state index contributed by atoms with van der Waals surface area (Å²) in [6.45, 7) is 8.75. The van der Waals surface area contributed by atoms with E-state index in [0.29, 0.717) is 25.9 Å². The second kappa shape index (κ2) is 7.92. The number of hydrogen-bond acceptors (Lipinski definition) is 2. The summed E-state index contributed by atoms with van der Waals surface area (Å²) in [7, 11) is 0. The molecule has 2 N–H and O–H groups in total. The van der Waals surface area contributed by atoms with E-state index in [-0.39, 0.29) is 18.0 Å². The average molecular weight is 244 g/mol.